The minimum Gasteiger partial charge on any atom is -0.484 e. The van der Waals surface area contributed by atoms with E-state index in [1.54, 1.807) is 45.0 Å². The molecule has 0 saturated heterocycles. The van der Waals surface area contributed by atoms with Crippen molar-refractivity contribution < 1.29 is 23.9 Å². The Bertz CT molecular complexity index is 857. The van der Waals surface area contributed by atoms with Gasteiger partial charge >= 0.3 is 6.09 Å². The summed E-state index contributed by atoms with van der Waals surface area (Å²) in [5.74, 6) is -0.603. The van der Waals surface area contributed by atoms with Crippen LogP contribution in [0.15, 0.2) is 54.6 Å². The van der Waals surface area contributed by atoms with E-state index in [1.807, 2.05) is 30.3 Å². The highest BCUT2D eigenvalue weighted by Gasteiger charge is 2.24. The van der Waals surface area contributed by atoms with E-state index in [2.05, 4.69) is 17.7 Å². The lowest BCUT2D eigenvalue weighted by molar-refractivity contribution is -0.122. The lowest BCUT2D eigenvalue weighted by Gasteiger charge is -2.21. The third-order valence-electron chi connectivity index (χ3n) is 4.04. The second kappa shape index (κ2) is 10.4. The topological polar surface area (TPSA) is 93.7 Å². The van der Waals surface area contributed by atoms with E-state index in [0.29, 0.717) is 5.75 Å². The standard InChI is InChI=1S/C23H27N2O5/c1-23(2,3)30-22(28)25-14-19(26)21(16-8-6-5-7-9-16)17-10-12-18(13-11-17)29-15-20(27)24-4/h5-13,21H,4,14-15H2,1-3H3,(H,24,27)(H,25,28)/t21-/m0/s1. The fraction of sp³-hybridized carbons (Fsp3) is 0.304. The summed E-state index contributed by atoms with van der Waals surface area (Å²) < 4.78 is 10.6. The third-order valence-corrected chi connectivity index (χ3v) is 4.04. The van der Waals surface area contributed by atoms with Gasteiger partial charge in [-0.1, -0.05) is 42.5 Å². The van der Waals surface area contributed by atoms with Gasteiger partial charge in [0.2, 0.25) is 0 Å². The van der Waals surface area contributed by atoms with E-state index < -0.39 is 17.6 Å². The van der Waals surface area contributed by atoms with Gasteiger partial charge in [-0.25, -0.2) is 4.79 Å². The van der Waals surface area contributed by atoms with Gasteiger partial charge in [0, 0.05) is 7.05 Å². The van der Waals surface area contributed by atoms with Crippen molar-refractivity contribution in [3.63, 3.8) is 0 Å². The smallest absolute Gasteiger partial charge is 0.408 e. The van der Waals surface area contributed by atoms with Crippen LogP contribution < -0.4 is 15.4 Å². The molecule has 0 heterocycles. The molecule has 0 aromatic heterocycles. The summed E-state index contributed by atoms with van der Waals surface area (Å²) in [6, 6.07) is 16.2. The number of carbonyl (C=O) groups excluding carboxylic acids is 3. The normalized spacial score (nSPS) is 11.9. The van der Waals surface area contributed by atoms with Gasteiger partial charge < -0.3 is 20.1 Å². The summed E-state index contributed by atoms with van der Waals surface area (Å²) in [4.78, 5) is 36.2. The van der Waals surface area contributed by atoms with Gasteiger partial charge in [0.25, 0.3) is 5.91 Å². The van der Waals surface area contributed by atoms with Gasteiger partial charge in [-0.3, -0.25) is 9.59 Å². The third kappa shape index (κ3) is 7.24. The van der Waals surface area contributed by atoms with E-state index in [0.717, 1.165) is 11.1 Å². The molecule has 0 aliphatic heterocycles. The molecule has 2 aromatic rings. The largest absolute Gasteiger partial charge is 0.484 e. The second-order valence-corrected chi connectivity index (χ2v) is 7.62. The highest BCUT2D eigenvalue weighted by Crippen LogP contribution is 2.27. The number of amides is 2. The number of hydrogen-bond acceptors (Lipinski definition) is 5. The van der Waals surface area contributed by atoms with Crippen molar-refractivity contribution in [3.8, 4) is 5.75 Å². The Balaban J connectivity index is 2.15. The average molecular weight is 411 g/mol. The molecule has 0 saturated carbocycles. The Kier molecular flexibility index (Phi) is 7.98. The van der Waals surface area contributed by atoms with E-state index in [1.165, 1.54) is 0 Å². The van der Waals surface area contributed by atoms with Crippen molar-refractivity contribution in [3.05, 3.63) is 72.8 Å². The number of alkyl carbamates (subject to hydrolysis) is 1. The molecule has 2 rings (SSSR count). The van der Waals surface area contributed by atoms with Gasteiger partial charge in [-0.05, 0) is 44.0 Å². The second-order valence-electron chi connectivity index (χ2n) is 7.62. The molecule has 2 amide bonds. The van der Waals surface area contributed by atoms with E-state index in [-0.39, 0.29) is 24.8 Å². The number of hydrogen-bond donors (Lipinski definition) is 2. The Morgan fingerprint density at radius 2 is 1.57 bits per heavy atom. The lowest BCUT2D eigenvalue weighted by Crippen LogP contribution is -2.37. The maximum atomic E-state index is 13.0. The molecule has 1 radical (unpaired) electrons. The first-order valence-electron chi connectivity index (χ1n) is 9.53. The van der Waals surface area contributed by atoms with Crippen LogP contribution in [0.3, 0.4) is 0 Å². The molecular formula is C23H27N2O5. The van der Waals surface area contributed by atoms with E-state index >= 15 is 0 Å². The molecule has 1 atom stereocenters. The summed E-state index contributed by atoms with van der Waals surface area (Å²) in [7, 11) is 3.28. The van der Waals surface area contributed by atoms with Crippen molar-refractivity contribution in [1.82, 2.24) is 10.6 Å². The maximum absolute atomic E-state index is 13.0. The summed E-state index contributed by atoms with van der Waals surface area (Å²) in [6.07, 6.45) is -0.643. The van der Waals surface area contributed by atoms with Crippen molar-refractivity contribution >= 4 is 17.8 Å². The van der Waals surface area contributed by atoms with Crippen LogP contribution in [0.2, 0.25) is 0 Å². The lowest BCUT2D eigenvalue weighted by atomic mass is 9.87. The summed E-state index contributed by atoms with van der Waals surface area (Å²) in [5.41, 5.74) is 0.900. The van der Waals surface area contributed by atoms with Crippen LogP contribution in [0, 0.1) is 7.05 Å². The monoisotopic (exact) mass is 411 g/mol. The molecule has 30 heavy (non-hydrogen) atoms. The van der Waals surface area contributed by atoms with Gasteiger partial charge in [0.05, 0.1) is 12.5 Å². The number of Topliss-reactive ketones (excluding diaryl/α,β-unsaturated/α-hetero) is 1. The Morgan fingerprint density at radius 3 is 2.13 bits per heavy atom. The number of benzene rings is 2. The molecule has 0 aliphatic rings. The molecule has 0 bridgehead atoms. The zero-order chi connectivity index (χ0) is 22.1. The molecule has 0 spiro atoms. The molecule has 0 fully saturated rings. The Labute approximate surface area is 176 Å². The predicted molar refractivity (Wildman–Crippen MR) is 113 cm³/mol. The minimum atomic E-state index is -0.646. The molecule has 2 N–H and O–H groups in total. The number of rotatable bonds is 8. The van der Waals surface area contributed by atoms with Gasteiger partial charge in [-0.15, -0.1) is 0 Å². The maximum Gasteiger partial charge on any atom is 0.408 e. The van der Waals surface area contributed by atoms with Gasteiger partial charge in [-0.2, -0.15) is 0 Å². The highest BCUT2D eigenvalue weighted by atomic mass is 16.6. The van der Waals surface area contributed by atoms with Crippen molar-refractivity contribution in [2.75, 3.05) is 13.2 Å². The first-order chi connectivity index (χ1) is 14.2. The van der Waals surface area contributed by atoms with Crippen LogP contribution in [-0.2, 0) is 14.3 Å². The number of ether oxygens (including phenoxy) is 2. The first-order valence-corrected chi connectivity index (χ1v) is 9.53. The van der Waals surface area contributed by atoms with Crippen LogP contribution in [0.25, 0.3) is 0 Å². The molecule has 7 heteroatoms. The first kappa shape index (κ1) is 22.9. The summed E-state index contributed by atoms with van der Waals surface area (Å²) in [6.45, 7) is 4.95. The molecule has 2 aromatic carbocycles. The zero-order valence-electron chi connectivity index (χ0n) is 17.4. The molecule has 0 unspecified atom stereocenters. The van der Waals surface area contributed by atoms with Crippen molar-refractivity contribution in [1.29, 1.82) is 0 Å². The summed E-state index contributed by atoms with van der Waals surface area (Å²) in [5, 5.41) is 4.76. The minimum absolute atomic E-state index is 0.149. The molecule has 0 aliphatic carbocycles. The fourth-order valence-electron chi connectivity index (χ4n) is 2.74. The van der Waals surface area contributed by atoms with Crippen LogP contribution >= 0.6 is 0 Å². The Morgan fingerprint density at radius 1 is 0.967 bits per heavy atom. The summed E-state index contributed by atoms with van der Waals surface area (Å²) >= 11 is 0. The zero-order valence-corrected chi connectivity index (χ0v) is 17.4. The number of nitrogens with one attached hydrogen (secondary N) is 2. The quantitative estimate of drug-likeness (QED) is 0.696. The van der Waals surface area contributed by atoms with Gasteiger partial charge in [0.1, 0.15) is 11.4 Å². The molecule has 159 valence electrons. The average Bonchev–Trinajstić information content (AvgIpc) is 2.71. The van der Waals surface area contributed by atoms with Crippen molar-refractivity contribution in [2.45, 2.75) is 32.3 Å². The number of ketones is 1. The van der Waals surface area contributed by atoms with Crippen LogP contribution in [0.1, 0.15) is 37.8 Å². The van der Waals surface area contributed by atoms with Crippen LogP contribution in [0.5, 0.6) is 5.75 Å². The molecular weight excluding hydrogens is 384 g/mol. The van der Waals surface area contributed by atoms with Gasteiger partial charge in [0.15, 0.2) is 12.4 Å². The Hall–Kier alpha value is -3.35. The molecule has 7 nitrogen and oxygen atoms in total. The van der Waals surface area contributed by atoms with E-state index in [9.17, 15) is 14.4 Å². The van der Waals surface area contributed by atoms with Crippen LogP contribution in [0.4, 0.5) is 4.79 Å². The SMILES string of the molecule is [CH2]NC(=O)COc1ccc([C@@H](C(=O)CNC(=O)OC(C)(C)C)c2ccccc2)cc1. The van der Waals surface area contributed by atoms with Crippen molar-refractivity contribution in [2.24, 2.45) is 0 Å². The fourth-order valence-corrected chi connectivity index (χ4v) is 2.74. The number of carbonyl (C=O) groups is 3. The predicted octanol–water partition coefficient (Wildman–Crippen LogP) is 3.20. The van der Waals surface area contributed by atoms with Crippen LogP contribution in [-0.4, -0.2) is 36.5 Å². The van der Waals surface area contributed by atoms with E-state index in [4.69, 9.17) is 9.47 Å². The highest BCUT2D eigenvalue weighted by molar-refractivity contribution is 5.92.